The molecule has 1 aromatic rings. The van der Waals surface area contributed by atoms with Crippen molar-refractivity contribution in [3.8, 4) is 0 Å². The molecule has 0 saturated carbocycles. The van der Waals surface area contributed by atoms with E-state index in [4.69, 9.17) is 4.74 Å². The van der Waals surface area contributed by atoms with Gasteiger partial charge in [0.1, 0.15) is 5.60 Å². The number of nitrogens with one attached hydrogen (secondary N) is 2. The molecule has 130 valence electrons. The van der Waals surface area contributed by atoms with Gasteiger partial charge in [0.25, 0.3) is 0 Å². The molecule has 0 heterocycles. The molecule has 1 aromatic carbocycles. The zero-order chi connectivity index (χ0) is 17.3. The monoisotopic (exact) mass is 320 g/mol. The molecule has 0 saturated heterocycles. The molecular weight excluding hydrogens is 288 g/mol. The first-order valence-electron chi connectivity index (χ1n) is 8.60. The van der Waals surface area contributed by atoms with Crippen molar-refractivity contribution in [2.24, 2.45) is 0 Å². The van der Waals surface area contributed by atoms with Gasteiger partial charge >= 0.3 is 6.09 Å². The summed E-state index contributed by atoms with van der Waals surface area (Å²) in [6.07, 6.45) is 4.03. The second-order valence-electron chi connectivity index (χ2n) is 6.93. The number of amides is 1. The van der Waals surface area contributed by atoms with Gasteiger partial charge in [0.15, 0.2) is 0 Å². The Labute approximate surface area is 141 Å². The van der Waals surface area contributed by atoms with Crippen LogP contribution in [0.2, 0.25) is 0 Å². The van der Waals surface area contributed by atoms with E-state index in [1.165, 1.54) is 12.0 Å². The van der Waals surface area contributed by atoms with Crippen molar-refractivity contribution in [3.63, 3.8) is 0 Å². The maximum Gasteiger partial charge on any atom is 0.407 e. The van der Waals surface area contributed by atoms with Gasteiger partial charge in [-0.15, -0.1) is 0 Å². The molecule has 1 atom stereocenters. The summed E-state index contributed by atoms with van der Waals surface area (Å²) >= 11 is 0. The molecule has 4 nitrogen and oxygen atoms in total. The first-order chi connectivity index (χ1) is 10.9. The molecule has 0 aliphatic carbocycles. The number of carbonyl (C=O) groups is 1. The lowest BCUT2D eigenvalue weighted by molar-refractivity contribution is 0.0526. The summed E-state index contributed by atoms with van der Waals surface area (Å²) in [4.78, 5) is 11.6. The molecule has 4 heteroatoms. The van der Waals surface area contributed by atoms with Crippen LogP contribution >= 0.6 is 0 Å². The van der Waals surface area contributed by atoms with Crippen molar-refractivity contribution in [3.05, 3.63) is 29.8 Å². The minimum Gasteiger partial charge on any atom is -0.444 e. The van der Waals surface area contributed by atoms with Crippen LogP contribution in [0.4, 0.5) is 10.5 Å². The predicted molar refractivity (Wildman–Crippen MR) is 97.1 cm³/mol. The topological polar surface area (TPSA) is 50.4 Å². The Hall–Kier alpha value is -1.71. The summed E-state index contributed by atoms with van der Waals surface area (Å²) in [5.74, 6) is 0.548. The van der Waals surface area contributed by atoms with Gasteiger partial charge in [-0.3, -0.25) is 0 Å². The summed E-state index contributed by atoms with van der Waals surface area (Å²) in [5.41, 5.74) is 2.07. The van der Waals surface area contributed by atoms with Crippen molar-refractivity contribution in [2.45, 2.75) is 64.9 Å². The first kappa shape index (κ1) is 19.3. The highest BCUT2D eigenvalue weighted by Crippen LogP contribution is 2.27. The Kier molecular flexibility index (Phi) is 7.93. The number of benzene rings is 1. The zero-order valence-electron chi connectivity index (χ0n) is 15.2. The average Bonchev–Trinajstić information content (AvgIpc) is 2.49. The molecule has 0 aromatic heterocycles. The van der Waals surface area contributed by atoms with Crippen LogP contribution in [-0.2, 0) is 4.74 Å². The van der Waals surface area contributed by atoms with E-state index in [-0.39, 0.29) is 6.09 Å². The number of anilines is 1. The second-order valence-corrected chi connectivity index (χ2v) is 6.93. The maximum atomic E-state index is 11.6. The Morgan fingerprint density at radius 1 is 1.17 bits per heavy atom. The SMILES string of the molecule is CCCC(CCCNC(=O)OC(C)(C)C)c1ccc(NC)cc1. The lowest BCUT2D eigenvalue weighted by Gasteiger charge is -2.20. The van der Waals surface area contributed by atoms with Crippen LogP contribution < -0.4 is 10.6 Å². The predicted octanol–water partition coefficient (Wildman–Crippen LogP) is 4.92. The minimum absolute atomic E-state index is 0.331. The highest BCUT2D eigenvalue weighted by atomic mass is 16.6. The molecule has 1 rings (SSSR count). The van der Waals surface area contributed by atoms with E-state index < -0.39 is 5.60 Å². The van der Waals surface area contributed by atoms with E-state index in [0.29, 0.717) is 12.5 Å². The molecule has 0 aliphatic heterocycles. The van der Waals surface area contributed by atoms with Gasteiger partial charge in [-0.25, -0.2) is 4.79 Å². The summed E-state index contributed by atoms with van der Waals surface area (Å²) in [6.45, 7) is 8.49. The molecule has 23 heavy (non-hydrogen) atoms. The van der Waals surface area contributed by atoms with Crippen molar-refractivity contribution >= 4 is 11.8 Å². The normalized spacial score (nSPS) is 12.6. The number of rotatable bonds is 8. The van der Waals surface area contributed by atoms with Crippen LogP contribution in [0.3, 0.4) is 0 Å². The van der Waals surface area contributed by atoms with E-state index in [1.54, 1.807) is 0 Å². The highest BCUT2D eigenvalue weighted by Gasteiger charge is 2.16. The first-order valence-corrected chi connectivity index (χ1v) is 8.60. The molecule has 0 fully saturated rings. The van der Waals surface area contributed by atoms with Crippen LogP contribution in [0.15, 0.2) is 24.3 Å². The van der Waals surface area contributed by atoms with Crippen molar-refractivity contribution in [1.29, 1.82) is 0 Å². The smallest absolute Gasteiger partial charge is 0.407 e. The standard InChI is InChI=1S/C19H32N2O2/c1-6-8-15(16-10-12-17(20-5)13-11-16)9-7-14-21-18(22)23-19(2,3)4/h10-13,15,20H,6-9,14H2,1-5H3,(H,21,22). The molecule has 0 radical (unpaired) electrons. The Balaban J connectivity index is 2.42. The van der Waals surface area contributed by atoms with E-state index in [9.17, 15) is 4.79 Å². The maximum absolute atomic E-state index is 11.6. The molecule has 0 spiro atoms. The van der Waals surface area contributed by atoms with Gasteiger partial charge < -0.3 is 15.4 Å². The van der Waals surface area contributed by atoms with Gasteiger partial charge in [0.2, 0.25) is 0 Å². The number of hydrogen-bond acceptors (Lipinski definition) is 3. The molecule has 0 bridgehead atoms. The van der Waals surface area contributed by atoms with Crippen molar-refractivity contribution < 1.29 is 9.53 Å². The van der Waals surface area contributed by atoms with Crippen LogP contribution in [0.1, 0.15) is 64.9 Å². The van der Waals surface area contributed by atoms with Gasteiger partial charge in [0, 0.05) is 19.3 Å². The Morgan fingerprint density at radius 3 is 2.35 bits per heavy atom. The Bertz CT molecular complexity index is 463. The van der Waals surface area contributed by atoms with Gasteiger partial charge in [-0.05, 0) is 63.6 Å². The van der Waals surface area contributed by atoms with Crippen molar-refractivity contribution in [2.75, 3.05) is 18.9 Å². The zero-order valence-corrected chi connectivity index (χ0v) is 15.2. The summed E-state index contributed by atoms with van der Waals surface area (Å²) in [7, 11) is 1.93. The number of ether oxygens (including phenoxy) is 1. The summed E-state index contributed by atoms with van der Waals surface area (Å²) in [5, 5.41) is 5.98. The largest absolute Gasteiger partial charge is 0.444 e. The van der Waals surface area contributed by atoms with Crippen LogP contribution in [0.25, 0.3) is 0 Å². The fourth-order valence-corrected chi connectivity index (χ4v) is 2.60. The minimum atomic E-state index is -0.441. The third-order valence-electron chi connectivity index (χ3n) is 3.71. The number of alkyl carbamates (subject to hydrolysis) is 1. The lowest BCUT2D eigenvalue weighted by atomic mass is 9.90. The van der Waals surface area contributed by atoms with Crippen molar-refractivity contribution in [1.82, 2.24) is 5.32 Å². The Morgan fingerprint density at radius 2 is 1.83 bits per heavy atom. The molecule has 1 amide bonds. The second kappa shape index (κ2) is 9.43. The molecular formula is C19H32N2O2. The average molecular weight is 320 g/mol. The lowest BCUT2D eigenvalue weighted by Crippen LogP contribution is -2.33. The van der Waals surface area contributed by atoms with E-state index in [0.717, 1.165) is 24.9 Å². The molecule has 2 N–H and O–H groups in total. The molecule has 1 unspecified atom stereocenters. The fourth-order valence-electron chi connectivity index (χ4n) is 2.60. The van der Waals surface area contributed by atoms with Crippen LogP contribution in [-0.4, -0.2) is 25.3 Å². The summed E-state index contributed by atoms with van der Waals surface area (Å²) in [6, 6.07) is 8.65. The van der Waals surface area contributed by atoms with Gasteiger partial charge in [-0.1, -0.05) is 25.5 Å². The fraction of sp³-hybridized carbons (Fsp3) is 0.632. The quantitative estimate of drug-likeness (QED) is 0.669. The van der Waals surface area contributed by atoms with E-state index in [2.05, 4.69) is 41.8 Å². The van der Waals surface area contributed by atoms with E-state index in [1.807, 2.05) is 27.8 Å². The summed E-state index contributed by atoms with van der Waals surface area (Å²) < 4.78 is 5.25. The number of hydrogen-bond donors (Lipinski definition) is 2. The highest BCUT2D eigenvalue weighted by molar-refractivity contribution is 5.67. The third kappa shape index (κ3) is 7.91. The third-order valence-corrected chi connectivity index (χ3v) is 3.71. The van der Waals surface area contributed by atoms with Gasteiger partial charge in [0.05, 0.1) is 0 Å². The van der Waals surface area contributed by atoms with Crippen LogP contribution in [0.5, 0.6) is 0 Å². The van der Waals surface area contributed by atoms with E-state index >= 15 is 0 Å². The number of carbonyl (C=O) groups excluding carboxylic acids is 1. The van der Waals surface area contributed by atoms with Gasteiger partial charge in [-0.2, -0.15) is 0 Å². The van der Waals surface area contributed by atoms with Crippen LogP contribution in [0, 0.1) is 0 Å². The molecule has 0 aliphatic rings.